The maximum Gasteiger partial charge on any atom is 0.164 e. The third kappa shape index (κ3) is 5.90. The summed E-state index contributed by atoms with van der Waals surface area (Å²) < 4.78 is 4.78. The Morgan fingerprint density at radius 3 is 1.05 bits per heavy atom. The van der Waals surface area contributed by atoms with Gasteiger partial charge in [0.05, 0.1) is 22.1 Å². The summed E-state index contributed by atoms with van der Waals surface area (Å²) in [5.74, 6) is 1.94. The summed E-state index contributed by atoms with van der Waals surface area (Å²) in [6.45, 7) is 0. The van der Waals surface area contributed by atoms with Crippen LogP contribution in [0.4, 0.5) is 0 Å². The zero-order valence-corrected chi connectivity index (χ0v) is 33.6. The number of benzene rings is 9. The molecule has 0 amide bonds. The molecule has 290 valence electrons. The van der Waals surface area contributed by atoms with Gasteiger partial charge in [0.25, 0.3) is 0 Å². The Hall–Kier alpha value is -8.41. The summed E-state index contributed by atoms with van der Waals surface area (Å²) in [5.41, 5.74) is 14.5. The molecule has 0 aliphatic rings. The largest absolute Gasteiger partial charge is 0.309 e. The zero-order chi connectivity index (χ0) is 41.0. The van der Waals surface area contributed by atoms with E-state index in [0.717, 1.165) is 39.1 Å². The van der Waals surface area contributed by atoms with E-state index in [2.05, 4.69) is 173 Å². The molecule has 0 N–H and O–H groups in total. The lowest BCUT2D eigenvalue weighted by Crippen LogP contribution is -2.00. The highest BCUT2D eigenvalue weighted by molar-refractivity contribution is 6.17. The maximum absolute atomic E-state index is 4.97. The Morgan fingerprint density at radius 1 is 0.242 bits per heavy atom. The molecule has 5 heteroatoms. The fourth-order valence-corrected chi connectivity index (χ4v) is 9.18. The van der Waals surface area contributed by atoms with Gasteiger partial charge in [-0.1, -0.05) is 176 Å². The first kappa shape index (κ1) is 35.5. The molecule has 3 aromatic heterocycles. The first-order valence-electron chi connectivity index (χ1n) is 21.0. The van der Waals surface area contributed by atoms with Crippen LogP contribution in [0.5, 0.6) is 0 Å². The first-order valence-corrected chi connectivity index (χ1v) is 21.0. The lowest BCUT2D eigenvalue weighted by Gasteiger charge is -2.11. The number of aromatic nitrogens is 5. The van der Waals surface area contributed by atoms with E-state index in [1.165, 1.54) is 54.8 Å². The van der Waals surface area contributed by atoms with E-state index in [1.54, 1.807) is 0 Å². The molecule has 0 bridgehead atoms. The fraction of sp³-hybridized carbons (Fsp3) is 0. The second-order valence-corrected chi connectivity index (χ2v) is 15.6. The molecule has 3 heterocycles. The average molecular weight is 792 g/mol. The number of hydrogen-bond donors (Lipinski definition) is 0. The normalized spacial score (nSPS) is 11.5. The Balaban J connectivity index is 0.944. The zero-order valence-electron chi connectivity index (χ0n) is 33.6. The highest BCUT2D eigenvalue weighted by atomic mass is 15.0. The van der Waals surface area contributed by atoms with E-state index in [4.69, 9.17) is 15.0 Å². The van der Waals surface area contributed by atoms with E-state index in [-0.39, 0.29) is 0 Å². The van der Waals surface area contributed by atoms with Crippen molar-refractivity contribution in [2.75, 3.05) is 0 Å². The van der Waals surface area contributed by atoms with Crippen LogP contribution in [0.15, 0.2) is 224 Å². The fourth-order valence-electron chi connectivity index (χ4n) is 9.18. The van der Waals surface area contributed by atoms with Crippen LogP contribution in [0.25, 0.3) is 111 Å². The van der Waals surface area contributed by atoms with E-state index in [9.17, 15) is 0 Å². The van der Waals surface area contributed by atoms with Crippen LogP contribution >= 0.6 is 0 Å². The summed E-state index contributed by atoms with van der Waals surface area (Å²) in [6.07, 6.45) is 0. The van der Waals surface area contributed by atoms with Crippen molar-refractivity contribution in [3.8, 4) is 67.8 Å². The van der Waals surface area contributed by atoms with Crippen LogP contribution in [0.3, 0.4) is 0 Å². The van der Waals surface area contributed by atoms with Gasteiger partial charge in [-0.05, 0) is 70.8 Å². The summed E-state index contributed by atoms with van der Waals surface area (Å²) in [7, 11) is 0. The number of para-hydroxylation sites is 3. The predicted molar refractivity (Wildman–Crippen MR) is 256 cm³/mol. The summed E-state index contributed by atoms with van der Waals surface area (Å²) >= 11 is 0. The topological polar surface area (TPSA) is 48.5 Å². The van der Waals surface area contributed by atoms with E-state index in [0.29, 0.717) is 17.5 Å². The average Bonchev–Trinajstić information content (AvgIpc) is 3.88. The molecule has 0 aliphatic heterocycles. The monoisotopic (exact) mass is 791 g/mol. The molecule has 12 rings (SSSR count). The van der Waals surface area contributed by atoms with Crippen molar-refractivity contribution in [1.82, 2.24) is 24.1 Å². The smallest absolute Gasteiger partial charge is 0.164 e. The minimum atomic E-state index is 0.640. The molecular formula is C57H37N5. The third-order valence-electron chi connectivity index (χ3n) is 12.0. The van der Waals surface area contributed by atoms with Crippen molar-refractivity contribution in [1.29, 1.82) is 0 Å². The van der Waals surface area contributed by atoms with E-state index >= 15 is 0 Å². The SMILES string of the molecule is c1ccc(-c2nc(-c3ccccc3)nc(-c3ccc(-c4cccc5c4c4ccccc4n5-c4ccc(-c5cccc6c5c5ccccc5n6-c5ccccc5)cc4)cc3)n2)cc1. The number of nitrogens with zero attached hydrogens (tertiary/aromatic N) is 5. The predicted octanol–water partition coefficient (Wildman–Crippen LogP) is 14.4. The van der Waals surface area contributed by atoms with Gasteiger partial charge >= 0.3 is 0 Å². The lowest BCUT2D eigenvalue weighted by molar-refractivity contribution is 1.07. The van der Waals surface area contributed by atoms with Crippen molar-refractivity contribution < 1.29 is 0 Å². The van der Waals surface area contributed by atoms with Crippen LogP contribution in [0.1, 0.15) is 0 Å². The second-order valence-electron chi connectivity index (χ2n) is 15.6. The Morgan fingerprint density at radius 2 is 0.581 bits per heavy atom. The van der Waals surface area contributed by atoms with Crippen LogP contribution in [-0.2, 0) is 0 Å². The Bertz CT molecular complexity index is 3530. The molecule has 0 aliphatic carbocycles. The van der Waals surface area contributed by atoms with E-state index < -0.39 is 0 Å². The highest BCUT2D eigenvalue weighted by Gasteiger charge is 2.19. The second kappa shape index (κ2) is 14.7. The van der Waals surface area contributed by atoms with Crippen molar-refractivity contribution in [3.05, 3.63) is 224 Å². The molecule has 12 aromatic rings. The van der Waals surface area contributed by atoms with Gasteiger partial charge in [0.1, 0.15) is 0 Å². The molecule has 0 saturated heterocycles. The van der Waals surface area contributed by atoms with Gasteiger partial charge < -0.3 is 9.13 Å². The maximum atomic E-state index is 4.97. The third-order valence-corrected chi connectivity index (χ3v) is 12.0. The molecule has 0 saturated carbocycles. The van der Waals surface area contributed by atoms with Gasteiger partial charge in [0.15, 0.2) is 17.5 Å². The number of hydrogen-bond acceptors (Lipinski definition) is 3. The van der Waals surface area contributed by atoms with Gasteiger partial charge in [-0.3, -0.25) is 0 Å². The molecule has 0 radical (unpaired) electrons. The minimum absolute atomic E-state index is 0.640. The Labute approximate surface area is 358 Å². The van der Waals surface area contributed by atoms with Gasteiger partial charge in [0.2, 0.25) is 0 Å². The van der Waals surface area contributed by atoms with Crippen molar-refractivity contribution >= 4 is 43.6 Å². The molecule has 0 fully saturated rings. The van der Waals surface area contributed by atoms with Crippen molar-refractivity contribution in [3.63, 3.8) is 0 Å². The van der Waals surface area contributed by atoms with Crippen LogP contribution in [0, 0.1) is 0 Å². The molecule has 62 heavy (non-hydrogen) atoms. The molecule has 0 spiro atoms. The van der Waals surface area contributed by atoms with Crippen LogP contribution in [0.2, 0.25) is 0 Å². The lowest BCUT2D eigenvalue weighted by atomic mass is 9.98. The van der Waals surface area contributed by atoms with Gasteiger partial charge in [-0.2, -0.15) is 0 Å². The van der Waals surface area contributed by atoms with Gasteiger partial charge in [-0.25, -0.2) is 15.0 Å². The number of rotatable bonds is 7. The Kier molecular flexibility index (Phi) is 8.42. The van der Waals surface area contributed by atoms with Gasteiger partial charge in [0, 0.05) is 49.6 Å². The quantitative estimate of drug-likeness (QED) is 0.162. The van der Waals surface area contributed by atoms with E-state index in [1.807, 2.05) is 60.7 Å². The van der Waals surface area contributed by atoms with Crippen LogP contribution in [-0.4, -0.2) is 24.1 Å². The summed E-state index contributed by atoms with van der Waals surface area (Å²) in [5, 5.41) is 4.94. The van der Waals surface area contributed by atoms with Crippen molar-refractivity contribution in [2.45, 2.75) is 0 Å². The molecule has 5 nitrogen and oxygen atoms in total. The molecular weight excluding hydrogens is 755 g/mol. The minimum Gasteiger partial charge on any atom is -0.309 e. The first-order chi connectivity index (χ1) is 30.8. The van der Waals surface area contributed by atoms with Gasteiger partial charge in [-0.15, -0.1) is 0 Å². The summed E-state index contributed by atoms with van der Waals surface area (Å²) in [6, 6.07) is 79.3. The highest BCUT2D eigenvalue weighted by Crippen LogP contribution is 2.41. The molecule has 9 aromatic carbocycles. The standard InChI is InChI=1S/C57H37N5/c1-4-16-40(17-5-1)55-58-56(41-18-6-2-7-19-41)60-57(59-55)42-32-30-38(31-33-42)45-24-14-29-52-53(45)48-23-11-13-27-50(48)62(52)44-36-34-39(35-37-44)46-25-15-28-51-54(46)47-22-10-12-26-49(47)61(51)43-20-8-3-9-21-43/h1-37H. The van der Waals surface area contributed by atoms with Crippen LogP contribution < -0.4 is 0 Å². The summed E-state index contributed by atoms with van der Waals surface area (Å²) in [4.78, 5) is 14.8. The molecule has 0 unspecified atom stereocenters. The molecule has 0 atom stereocenters. The van der Waals surface area contributed by atoms with Crippen molar-refractivity contribution in [2.24, 2.45) is 0 Å². The number of fused-ring (bicyclic) bond motifs is 6.